The van der Waals surface area contributed by atoms with Crippen molar-refractivity contribution in [1.29, 1.82) is 0 Å². The van der Waals surface area contributed by atoms with E-state index in [-0.39, 0.29) is 5.75 Å². The molecule has 0 unspecified atom stereocenters. The van der Waals surface area contributed by atoms with Crippen molar-refractivity contribution in [2.75, 3.05) is 0 Å². The van der Waals surface area contributed by atoms with Crippen molar-refractivity contribution < 1.29 is 9.84 Å². The van der Waals surface area contributed by atoms with Gasteiger partial charge >= 0.3 is 0 Å². The molecule has 2 aromatic rings. The van der Waals surface area contributed by atoms with Crippen LogP contribution < -0.4 is 4.74 Å². The number of phenols is 1. The SMILES string of the molecule is Cc1cccc(OCc2ccc(O)cc2)c1. The van der Waals surface area contributed by atoms with E-state index in [1.165, 1.54) is 5.56 Å². The van der Waals surface area contributed by atoms with Crippen molar-refractivity contribution in [2.45, 2.75) is 13.5 Å². The molecule has 1 N–H and O–H groups in total. The molecule has 82 valence electrons. The van der Waals surface area contributed by atoms with E-state index in [1.54, 1.807) is 12.1 Å². The summed E-state index contributed by atoms with van der Waals surface area (Å²) in [7, 11) is 0. The van der Waals surface area contributed by atoms with Gasteiger partial charge in [0, 0.05) is 0 Å². The standard InChI is InChI=1S/C14H14O2/c1-11-3-2-4-14(9-11)16-10-12-5-7-13(15)8-6-12/h2-9,15H,10H2,1H3. The minimum Gasteiger partial charge on any atom is -0.508 e. The van der Waals surface area contributed by atoms with Crippen LogP contribution in [0.15, 0.2) is 48.5 Å². The van der Waals surface area contributed by atoms with Crippen molar-refractivity contribution in [3.05, 3.63) is 59.7 Å². The molecule has 0 radical (unpaired) electrons. The Labute approximate surface area is 95.1 Å². The minimum atomic E-state index is 0.277. The van der Waals surface area contributed by atoms with Gasteiger partial charge in [0.25, 0.3) is 0 Å². The average Bonchev–Trinajstić information content (AvgIpc) is 2.28. The topological polar surface area (TPSA) is 29.5 Å². The second kappa shape index (κ2) is 4.71. The van der Waals surface area contributed by atoms with Gasteiger partial charge in [-0.05, 0) is 42.3 Å². The zero-order chi connectivity index (χ0) is 11.4. The van der Waals surface area contributed by atoms with E-state index in [1.807, 2.05) is 43.3 Å². The second-order valence-electron chi connectivity index (χ2n) is 3.77. The monoisotopic (exact) mass is 214 g/mol. The first-order valence-corrected chi connectivity index (χ1v) is 5.21. The summed E-state index contributed by atoms with van der Waals surface area (Å²) < 4.78 is 5.63. The van der Waals surface area contributed by atoms with Crippen LogP contribution in [0.1, 0.15) is 11.1 Å². The van der Waals surface area contributed by atoms with Gasteiger partial charge in [-0.1, -0.05) is 24.3 Å². The molecule has 0 saturated heterocycles. The summed E-state index contributed by atoms with van der Waals surface area (Å²) in [6.07, 6.45) is 0. The van der Waals surface area contributed by atoms with Gasteiger partial charge in [-0.15, -0.1) is 0 Å². The summed E-state index contributed by atoms with van der Waals surface area (Å²) in [4.78, 5) is 0. The number of hydrogen-bond acceptors (Lipinski definition) is 2. The van der Waals surface area contributed by atoms with Crippen LogP contribution in [-0.4, -0.2) is 5.11 Å². The van der Waals surface area contributed by atoms with Gasteiger partial charge in [-0.2, -0.15) is 0 Å². The van der Waals surface area contributed by atoms with E-state index >= 15 is 0 Å². The summed E-state index contributed by atoms with van der Waals surface area (Å²) in [6.45, 7) is 2.55. The molecule has 16 heavy (non-hydrogen) atoms. The summed E-state index contributed by atoms with van der Waals surface area (Å²) in [5.74, 6) is 1.15. The molecule has 0 aliphatic carbocycles. The summed E-state index contributed by atoms with van der Waals surface area (Å²) in [6, 6.07) is 15.0. The van der Waals surface area contributed by atoms with Crippen LogP contribution in [0.4, 0.5) is 0 Å². The van der Waals surface area contributed by atoms with Gasteiger partial charge in [0.2, 0.25) is 0 Å². The maximum absolute atomic E-state index is 9.14. The third-order valence-corrected chi connectivity index (χ3v) is 2.33. The molecule has 0 saturated carbocycles. The quantitative estimate of drug-likeness (QED) is 0.849. The summed E-state index contributed by atoms with van der Waals surface area (Å²) >= 11 is 0. The molecule has 0 aliphatic heterocycles. The fourth-order valence-corrected chi connectivity index (χ4v) is 1.46. The lowest BCUT2D eigenvalue weighted by Gasteiger charge is -2.06. The maximum Gasteiger partial charge on any atom is 0.120 e. The Morgan fingerprint density at radius 2 is 1.81 bits per heavy atom. The minimum absolute atomic E-state index is 0.277. The van der Waals surface area contributed by atoms with Crippen molar-refractivity contribution in [1.82, 2.24) is 0 Å². The highest BCUT2D eigenvalue weighted by Crippen LogP contribution is 2.15. The van der Waals surface area contributed by atoms with Crippen LogP contribution >= 0.6 is 0 Å². The first-order chi connectivity index (χ1) is 7.74. The number of phenolic OH excluding ortho intramolecular Hbond substituents is 1. The molecule has 0 fully saturated rings. The van der Waals surface area contributed by atoms with Crippen LogP contribution in [0.2, 0.25) is 0 Å². The normalized spacial score (nSPS) is 10.1. The molecular weight excluding hydrogens is 200 g/mol. The Morgan fingerprint density at radius 1 is 1.06 bits per heavy atom. The third-order valence-electron chi connectivity index (χ3n) is 2.33. The van der Waals surface area contributed by atoms with Crippen molar-refractivity contribution in [2.24, 2.45) is 0 Å². The highest BCUT2D eigenvalue weighted by Gasteiger charge is 1.96. The molecule has 0 bridgehead atoms. The lowest BCUT2D eigenvalue weighted by atomic mass is 10.2. The summed E-state index contributed by atoms with van der Waals surface area (Å²) in [5.41, 5.74) is 2.22. The molecule has 2 rings (SSSR count). The molecule has 0 aliphatic rings. The lowest BCUT2D eigenvalue weighted by molar-refractivity contribution is 0.306. The highest BCUT2D eigenvalue weighted by molar-refractivity contribution is 5.29. The number of aromatic hydroxyl groups is 1. The van der Waals surface area contributed by atoms with Gasteiger partial charge < -0.3 is 9.84 Å². The molecule has 2 nitrogen and oxygen atoms in total. The Morgan fingerprint density at radius 3 is 2.50 bits per heavy atom. The predicted octanol–water partition coefficient (Wildman–Crippen LogP) is 3.28. The first kappa shape index (κ1) is 10.6. The van der Waals surface area contributed by atoms with E-state index in [0.717, 1.165) is 11.3 Å². The highest BCUT2D eigenvalue weighted by atomic mass is 16.5. The van der Waals surface area contributed by atoms with E-state index in [4.69, 9.17) is 9.84 Å². The maximum atomic E-state index is 9.14. The zero-order valence-electron chi connectivity index (χ0n) is 9.18. The number of hydrogen-bond donors (Lipinski definition) is 1. The molecule has 0 amide bonds. The van der Waals surface area contributed by atoms with Crippen LogP contribution in [0.25, 0.3) is 0 Å². The van der Waals surface area contributed by atoms with Crippen LogP contribution in [0, 0.1) is 6.92 Å². The fraction of sp³-hybridized carbons (Fsp3) is 0.143. The second-order valence-corrected chi connectivity index (χ2v) is 3.77. The van der Waals surface area contributed by atoms with Gasteiger partial charge in [-0.3, -0.25) is 0 Å². The van der Waals surface area contributed by atoms with Gasteiger partial charge in [0.15, 0.2) is 0 Å². The molecular formula is C14H14O2. The van der Waals surface area contributed by atoms with Gasteiger partial charge in [0.1, 0.15) is 18.1 Å². The molecule has 2 aromatic carbocycles. The average molecular weight is 214 g/mol. The van der Waals surface area contributed by atoms with E-state index < -0.39 is 0 Å². The smallest absolute Gasteiger partial charge is 0.120 e. The fourth-order valence-electron chi connectivity index (χ4n) is 1.46. The van der Waals surface area contributed by atoms with Gasteiger partial charge in [0.05, 0.1) is 0 Å². The Kier molecular flexibility index (Phi) is 3.10. The molecule has 2 heteroatoms. The van der Waals surface area contributed by atoms with Crippen molar-refractivity contribution in [3.8, 4) is 11.5 Å². The first-order valence-electron chi connectivity index (χ1n) is 5.21. The Balaban J connectivity index is 1.99. The number of ether oxygens (including phenoxy) is 1. The van der Waals surface area contributed by atoms with E-state index in [9.17, 15) is 0 Å². The largest absolute Gasteiger partial charge is 0.508 e. The molecule has 0 atom stereocenters. The van der Waals surface area contributed by atoms with Crippen LogP contribution in [0.3, 0.4) is 0 Å². The Bertz CT molecular complexity index is 460. The Hall–Kier alpha value is -1.96. The number of rotatable bonds is 3. The zero-order valence-corrected chi connectivity index (χ0v) is 9.18. The summed E-state index contributed by atoms with van der Waals surface area (Å²) in [5, 5.41) is 9.14. The molecule has 0 spiro atoms. The predicted molar refractivity (Wildman–Crippen MR) is 63.6 cm³/mol. The molecule has 0 heterocycles. The van der Waals surface area contributed by atoms with Crippen molar-refractivity contribution in [3.63, 3.8) is 0 Å². The van der Waals surface area contributed by atoms with Crippen molar-refractivity contribution >= 4 is 0 Å². The van der Waals surface area contributed by atoms with Crippen LogP contribution in [0.5, 0.6) is 11.5 Å². The number of benzene rings is 2. The lowest BCUT2D eigenvalue weighted by Crippen LogP contribution is -1.94. The number of aryl methyl sites for hydroxylation is 1. The third kappa shape index (κ3) is 2.76. The molecule has 0 aromatic heterocycles. The van der Waals surface area contributed by atoms with Gasteiger partial charge in [-0.25, -0.2) is 0 Å². The van der Waals surface area contributed by atoms with E-state index in [0.29, 0.717) is 6.61 Å². The van der Waals surface area contributed by atoms with E-state index in [2.05, 4.69) is 0 Å². The van der Waals surface area contributed by atoms with Crippen LogP contribution in [-0.2, 0) is 6.61 Å².